The number of benzene rings is 3. The van der Waals surface area contributed by atoms with Crippen LogP contribution in [-0.4, -0.2) is 38.0 Å². The third-order valence-corrected chi connectivity index (χ3v) is 6.29. The van der Waals surface area contributed by atoms with Gasteiger partial charge in [0.2, 0.25) is 5.91 Å². The number of ether oxygens (including phenoxy) is 3. The van der Waals surface area contributed by atoms with E-state index >= 15 is 0 Å². The zero-order valence-electron chi connectivity index (χ0n) is 22.0. The Morgan fingerprint density at radius 3 is 2.21 bits per heavy atom. The number of esters is 1. The summed E-state index contributed by atoms with van der Waals surface area (Å²) in [6, 6.07) is 22.0. The Balaban J connectivity index is 1.29. The first-order valence-electron chi connectivity index (χ1n) is 12.4. The summed E-state index contributed by atoms with van der Waals surface area (Å²) >= 11 is 0. The number of carbonyl (C=O) groups excluding carboxylic acids is 3. The fraction of sp³-hybridized carbons (Fsp3) is 0.300. The highest BCUT2D eigenvalue weighted by atomic mass is 16.5. The number of para-hydroxylation sites is 2. The van der Waals surface area contributed by atoms with Gasteiger partial charge in [-0.2, -0.15) is 0 Å². The maximum Gasteiger partial charge on any atom is 0.311 e. The van der Waals surface area contributed by atoms with Gasteiger partial charge < -0.3 is 24.4 Å². The quantitative estimate of drug-likeness (QED) is 0.407. The van der Waals surface area contributed by atoms with E-state index in [-0.39, 0.29) is 24.3 Å². The summed E-state index contributed by atoms with van der Waals surface area (Å²) in [5, 5.41) is 2.65. The second-order valence-corrected chi connectivity index (χ2v) is 10.1. The van der Waals surface area contributed by atoms with E-state index < -0.39 is 24.4 Å². The Labute approximate surface area is 222 Å². The molecular weight excluding hydrogens is 484 g/mol. The van der Waals surface area contributed by atoms with Gasteiger partial charge in [-0.3, -0.25) is 14.4 Å². The fourth-order valence-electron chi connectivity index (χ4n) is 4.16. The van der Waals surface area contributed by atoms with Gasteiger partial charge in [-0.1, -0.05) is 45.0 Å². The van der Waals surface area contributed by atoms with Crippen LogP contribution in [0.1, 0.15) is 32.8 Å². The number of anilines is 2. The highest BCUT2D eigenvalue weighted by Crippen LogP contribution is 2.30. The Bertz CT molecular complexity index is 1300. The number of nitrogens with zero attached hydrogens (tertiary/aromatic N) is 1. The molecule has 1 aliphatic rings. The van der Waals surface area contributed by atoms with Crippen molar-refractivity contribution in [3.63, 3.8) is 0 Å². The molecule has 8 heteroatoms. The predicted molar refractivity (Wildman–Crippen MR) is 145 cm³/mol. The second kappa shape index (κ2) is 11.4. The molecular formula is C30H32N2O6. The molecule has 0 unspecified atom stereocenters. The first kappa shape index (κ1) is 26.7. The maximum absolute atomic E-state index is 12.6. The molecule has 1 atom stereocenters. The number of nitrogens with one attached hydrogen (secondary N) is 1. The van der Waals surface area contributed by atoms with E-state index in [1.54, 1.807) is 53.4 Å². The largest absolute Gasteiger partial charge is 0.495 e. The summed E-state index contributed by atoms with van der Waals surface area (Å²) in [7, 11) is 1.50. The lowest BCUT2D eigenvalue weighted by Crippen LogP contribution is -2.28. The van der Waals surface area contributed by atoms with Crippen molar-refractivity contribution in [2.75, 3.05) is 30.5 Å². The van der Waals surface area contributed by atoms with Crippen LogP contribution < -0.4 is 19.7 Å². The van der Waals surface area contributed by atoms with E-state index in [0.29, 0.717) is 22.9 Å². The summed E-state index contributed by atoms with van der Waals surface area (Å²) in [5.41, 5.74) is 2.43. The van der Waals surface area contributed by atoms with E-state index in [1.165, 1.54) is 12.7 Å². The Hall–Kier alpha value is -4.33. The van der Waals surface area contributed by atoms with Crippen molar-refractivity contribution in [2.24, 2.45) is 5.92 Å². The van der Waals surface area contributed by atoms with Gasteiger partial charge in [-0.15, -0.1) is 0 Å². The van der Waals surface area contributed by atoms with E-state index in [9.17, 15) is 14.4 Å². The smallest absolute Gasteiger partial charge is 0.311 e. The second-order valence-electron chi connectivity index (χ2n) is 10.1. The molecule has 1 N–H and O–H groups in total. The molecule has 3 aromatic rings. The van der Waals surface area contributed by atoms with Crippen LogP contribution in [-0.2, 0) is 24.5 Å². The van der Waals surface area contributed by atoms with Crippen molar-refractivity contribution in [3.05, 3.63) is 78.4 Å². The van der Waals surface area contributed by atoms with Crippen LogP contribution in [0.25, 0.3) is 0 Å². The molecule has 1 heterocycles. The average Bonchev–Trinajstić information content (AvgIpc) is 3.29. The van der Waals surface area contributed by atoms with E-state index in [1.807, 2.05) is 24.3 Å². The summed E-state index contributed by atoms with van der Waals surface area (Å²) in [6.45, 7) is 6.20. The van der Waals surface area contributed by atoms with Crippen LogP contribution in [0.3, 0.4) is 0 Å². The number of methoxy groups -OCH3 is 1. The normalized spacial score (nSPS) is 15.2. The first-order valence-corrected chi connectivity index (χ1v) is 12.4. The van der Waals surface area contributed by atoms with Gasteiger partial charge >= 0.3 is 5.97 Å². The number of amides is 2. The predicted octanol–water partition coefficient (Wildman–Crippen LogP) is 5.32. The van der Waals surface area contributed by atoms with E-state index in [4.69, 9.17) is 14.2 Å². The molecule has 0 aliphatic carbocycles. The molecule has 2 amide bonds. The summed E-state index contributed by atoms with van der Waals surface area (Å²) in [6.07, 6.45) is 0.0192. The van der Waals surface area contributed by atoms with Crippen molar-refractivity contribution in [2.45, 2.75) is 32.6 Å². The van der Waals surface area contributed by atoms with Gasteiger partial charge in [0, 0.05) is 18.7 Å². The molecule has 1 fully saturated rings. The maximum atomic E-state index is 12.6. The van der Waals surface area contributed by atoms with Gasteiger partial charge in [-0.05, 0) is 59.5 Å². The van der Waals surface area contributed by atoms with Crippen molar-refractivity contribution in [1.82, 2.24) is 0 Å². The molecule has 1 aliphatic heterocycles. The van der Waals surface area contributed by atoms with Crippen LogP contribution >= 0.6 is 0 Å². The minimum absolute atomic E-state index is 0.0192. The van der Waals surface area contributed by atoms with Gasteiger partial charge in [0.05, 0.1) is 18.7 Å². The number of carbonyl (C=O) groups is 3. The lowest BCUT2D eigenvalue weighted by molar-refractivity contribution is -0.151. The molecule has 1 saturated heterocycles. The van der Waals surface area contributed by atoms with Gasteiger partial charge in [0.25, 0.3) is 5.91 Å². The van der Waals surface area contributed by atoms with E-state index in [2.05, 4.69) is 26.1 Å². The van der Waals surface area contributed by atoms with Crippen molar-refractivity contribution in [3.8, 4) is 17.2 Å². The van der Waals surface area contributed by atoms with Gasteiger partial charge in [-0.25, -0.2) is 0 Å². The third-order valence-electron chi connectivity index (χ3n) is 6.29. The molecule has 0 saturated carbocycles. The molecule has 0 spiro atoms. The van der Waals surface area contributed by atoms with Gasteiger partial charge in [0.15, 0.2) is 6.61 Å². The van der Waals surface area contributed by atoms with Crippen LogP contribution in [0.4, 0.5) is 11.4 Å². The Morgan fingerprint density at radius 2 is 1.58 bits per heavy atom. The Kier molecular flexibility index (Phi) is 8.00. The van der Waals surface area contributed by atoms with Crippen LogP contribution in [0, 0.1) is 5.92 Å². The average molecular weight is 517 g/mol. The molecule has 198 valence electrons. The first-order chi connectivity index (χ1) is 18.1. The van der Waals surface area contributed by atoms with Crippen LogP contribution in [0.5, 0.6) is 17.2 Å². The SMILES string of the molecule is COc1ccccc1NC(=O)COC(=O)[C@@H]1CC(=O)N(c2ccc(Oc3ccc(C(C)(C)C)cc3)cc2)C1. The highest BCUT2D eigenvalue weighted by molar-refractivity contribution is 6.00. The molecule has 38 heavy (non-hydrogen) atoms. The van der Waals surface area contributed by atoms with Crippen LogP contribution in [0.15, 0.2) is 72.8 Å². The Morgan fingerprint density at radius 1 is 0.947 bits per heavy atom. The fourth-order valence-corrected chi connectivity index (χ4v) is 4.16. The zero-order valence-corrected chi connectivity index (χ0v) is 22.0. The summed E-state index contributed by atoms with van der Waals surface area (Å²) < 4.78 is 16.3. The molecule has 8 nitrogen and oxygen atoms in total. The molecule has 4 rings (SSSR count). The highest BCUT2D eigenvalue weighted by Gasteiger charge is 2.36. The summed E-state index contributed by atoms with van der Waals surface area (Å²) in [5.74, 6) is -0.0569. The van der Waals surface area contributed by atoms with E-state index in [0.717, 1.165) is 5.75 Å². The molecule has 0 aromatic heterocycles. The monoisotopic (exact) mass is 516 g/mol. The number of rotatable bonds is 8. The standard InChI is InChI=1S/C30H32N2O6/c1-30(2,3)21-9-13-23(14-10-21)38-24-15-11-22(12-16-24)32-18-20(17-28(32)34)29(35)37-19-27(33)31-25-7-5-6-8-26(25)36-4/h5-16,20H,17-19H2,1-4H3,(H,31,33)/t20-/m1/s1. The lowest BCUT2D eigenvalue weighted by Gasteiger charge is -2.19. The van der Waals surface area contributed by atoms with Crippen molar-refractivity contribution >= 4 is 29.2 Å². The van der Waals surface area contributed by atoms with Crippen LogP contribution in [0.2, 0.25) is 0 Å². The minimum atomic E-state index is -0.654. The van der Waals surface area contributed by atoms with Crippen molar-refractivity contribution in [1.29, 1.82) is 0 Å². The minimum Gasteiger partial charge on any atom is -0.495 e. The third kappa shape index (κ3) is 6.51. The number of hydrogen-bond donors (Lipinski definition) is 1. The lowest BCUT2D eigenvalue weighted by atomic mass is 9.87. The number of hydrogen-bond acceptors (Lipinski definition) is 6. The zero-order chi connectivity index (χ0) is 27.3. The molecule has 0 bridgehead atoms. The molecule has 3 aromatic carbocycles. The summed E-state index contributed by atoms with van der Waals surface area (Å²) in [4.78, 5) is 39.0. The van der Waals surface area contributed by atoms with Gasteiger partial charge in [0.1, 0.15) is 17.2 Å². The molecule has 0 radical (unpaired) electrons. The topological polar surface area (TPSA) is 94.2 Å². The van der Waals surface area contributed by atoms with Crippen molar-refractivity contribution < 1.29 is 28.6 Å².